The predicted molar refractivity (Wildman–Crippen MR) is 136 cm³/mol. The maximum Gasteiger partial charge on any atom is 0.257 e. The van der Waals surface area contributed by atoms with Crippen LogP contribution in [0, 0.1) is 6.92 Å². The van der Waals surface area contributed by atoms with Gasteiger partial charge in [-0.25, -0.2) is 4.98 Å². The normalized spacial score (nSPS) is 10.9. The van der Waals surface area contributed by atoms with Crippen molar-refractivity contribution in [2.75, 3.05) is 13.1 Å². The third-order valence-corrected chi connectivity index (χ3v) is 6.69. The molecule has 1 aromatic heterocycles. The Morgan fingerprint density at radius 1 is 1.00 bits per heavy atom. The molecule has 0 aliphatic heterocycles. The van der Waals surface area contributed by atoms with Crippen LogP contribution in [0.5, 0.6) is 0 Å². The Labute approximate surface area is 200 Å². The molecule has 0 saturated heterocycles. The summed E-state index contributed by atoms with van der Waals surface area (Å²) in [6.07, 6.45) is 2.47. The standard InChI is InChI=1S/C27H33N3O2S/c1-5-15-30(16-6-2)25(31)23-14-10-13-22(17-23)19-33-27-28-20(3)24(26(32)29(27)4)18-21-11-8-7-9-12-21/h7-14,17H,5-6,15-16,18-19H2,1-4H3. The summed E-state index contributed by atoms with van der Waals surface area (Å²) in [5.41, 5.74) is 4.34. The summed E-state index contributed by atoms with van der Waals surface area (Å²) >= 11 is 1.52. The van der Waals surface area contributed by atoms with Gasteiger partial charge in [0.2, 0.25) is 0 Å². The minimum Gasteiger partial charge on any atom is -0.339 e. The second kappa shape index (κ2) is 11.8. The summed E-state index contributed by atoms with van der Waals surface area (Å²) in [6, 6.07) is 17.8. The highest BCUT2D eigenvalue weighted by molar-refractivity contribution is 7.98. The van der Waals surface area contributed by atoms with Crippen LogP contribution in [-0.4, -0.2) is 33.4 Å². The first kappa shape index (κ1) is 24.8. The molecule has 5 nitrogen and oxygen atoms in total. The number of nitrogens with zero attached hydrogens (tertiary/aromatic N) is 3. The average molecular weight is 464 g/mol. The lowest BCUT2D eigenvalue weighted by molar-refractivity contribution is 0.0755. The van der Waals surface area contributed by atoms with E-state index in [4.69, 9.17) is 4.98 Å². The van der Waals surface area contributed by atoms with E-state index >= 15 is 0 Å². The Kier molecular flexibility index (Phi) is 8.89. The van der Waals surface area contributed by atoms with Crippen molar-refractivity contribution < 1.29 is 4.79 Å². The van der Waals surface area contributed by atoms with Crippen molar-refractivity contribution in [3.05, 3.63) is 92.9 Å². The summed E-state index contributed by atoms with van der Waals surface area (Å²) < 4.78 is 1.63. The number of hydrogen-bond donors (Lipinski definition) is 0. The van der Waals surface area contributed by atoms with Crippen LogP contribution in [0.4, 0.5) is 0 Å². The van der Waals surface area contributed by atoms with Crippen LogP contribution >= 0.6 is 11.8 Å². The summed E-state index contributed by atoms with van der Waals surface area (Å²) in [6.45, 7) is 7.62. The van der Waals surface area contributed by atoms with Gasteiger partial charge < -0.3 is 4.90 Å². The van der Waals surface area contributed by atoms with E-state index in [2.05, 4.69) is 13.8 Å². The van der Waals surface area contributed by atoms with E-state index in [0.29, 0.717) is 22.9 Å². The highest BCUT2D eigenvalue weighted by Crippen LogP contribution is 2.22. The number of carbonyl (C=O) groups is 1. The van der Waals surface area contributed by atoms with Crippen molar-refractivity contribution in [3.8, 4) is 0 Å². The van der Waals surface area contributed by atoms with Crippen molar-refractivity contribution in [1.29, 1.82) is 0 Å². The number of amides is 1. The summed E-state index contributed by atoms with van der Waals surface area (Å²) in [7, 11) is 1.78. The molecular formula is C27H33N3O2S. The largest absolute Gasteiger partial charge is 0.339 e. The molecule has 1 amide bonds. The van der Waals surface area contributed by atoms with Crippen molar-refractivity contribution in [2.45, 2.75) is 50.9 Å². The van der Waals surface area contributed by atoms with E-state index in [0.717, 1.165) is 48.3 Å². The number of rotatable bonds is 10. The van der Waals surface area contributed by atoms with Crippen LogP contribution < -0.4 is 5.56 Å². The fourth-order valence-electron chi connectivity index (χ4n) is 3.84. The molecule has 3 rings (SSSR count). The van der Waals surface area contributed by atoms with Crippen LogP contribution in [0.1, 0.15) is 59.4 Å². The highest BCUT2D eigenvalue weighted by Gasteiger charge is 2.16. The molecule has 2 aromatic carbocycles. The first-order valence-corrected chi connectivity index (χ1v) is 12.5. The van der Waals surface area contributed by atoms with E-state index in [1.807, 2.05) is 66.4 Å². The Hall–Kier alpha value is -2.86. The van der Waals surface area contributed by atoms with Crippen LogP contribution in [0.2, 0.25) is 0 Å². The minimum absolute atomic E-state index is 0.00689. The zero-order chi connectivity index (χ0) is 23.8. The number of hydrogen-bond acceptors (Lipinski definition) is 4. The first-order valence-electron chi connectivity index (χ1n) is 11.6. The minimum atomic E-state index is -0.00689. The molecule has 0 unspecified atom stereocenters. The fraction of sp³-hybridized carbons (Fsp3) is 0.370. The molecule has 0 atom stereocenters. The second-order valence-corrected chi connectivity index (χ2v) is 9.21. The van der Waals surface area contributed by atoms with E-state index in [1.54, 1.807) is 11.6 Å². The van der Waals surface area contributed by atoms with Gasteiger partial charge in [0.1, 0.15) is 0 Å². The molecule has 0 bridgehead atoms. The Morgan fingerprint density at radius 2 is 1.67 bits per heavy atom. The topological polar surface area (TPSA) is 55.2 Å². The number of thioether (sulfide) groups is 1. The first-order chi connectivity index (χ1) is 15.9. The molecule has 0 fully saturated rings. The molecule has 0 saturated carbocycles. The third kappa shape index (κ3) is 6.35. The SMILES string of the molecule is CCCN(CCC)C(=O)c1cccc(CSc2nc(C)c(Cc3ccccc3)c(=O)n2C)c1. The van der Waals surface area contributed by atoms with Crippen molar-refractivity contribution in [1.82, 2.24) is 14.5 Å². The van der Waals surface area contributed by atoms with Gasteiger partial charge in [-0.15, -0.1) is 0 Å². The zero-order valence-electron chi connectivity index (χ0n) is 20.0. The predicted octanol–water partition coefficient (Wildman–Crippen LogP) is 5.23. The Morgan fingerprint density at radius 3 is 2.33 bits per heavy atom. The molecule has 6 heteroatoms. The van der Waals surface area contributed by atoms with Gasteiger partial charge in [-0.1, -0.05) is 68.1 Å². The van der Waals surface area contributed by atoms with Gasteiger partial charge in [-0.2, -0.15) is 0 Å². The Bertz CT molecular complexity index is 1140. The smallest absolute Gasteiger partial charge is 0.257 e. The molecule has 1 heterocycles. The van der Waals surface area contributed by atoms with Gasteiger partial charge in [0, 0.05) is 49.1 Å². The lowest BCUT2D eigenvalue weighted by Crippen LogP contribution is -2.32. The van der Waals surface area contributed by atoms with Crippen LogP contribution in [0.3, 0.4) is 0 Å². The zero-order valence-corrected chi connectivity index (χ0v) is 20.8. The van der Waals surface area contributed by atoms with Crippen molar-refractivity contribution in [2.24, 2.45) is 7.05 Å². The molecule has 33 heavy (non-hydrogen) atoms. The number of aromatic nitrogens is 2. The van der Waals surface area contributed by atoms with Crippen LogP contribution in [0.15, 0.2) is 64.5 Å². The van der Waals surface area contributed by atoms with Crippen molar-refractivity contribution >= 4 is 17.7 Å². The summed E-state index contributed by atoms with van der Waals surface area (Å²) in [4.78, 5) is 32.6. The van der Waals surface area contributed by atoms with Crippen molar-refractivity contribution in [3.63, 3.8) is 0 Å². The number of aryl methyl sites for hydroxylation is 1. The highest BCUT2D eigenvalue weighted by atomic mass is 32.2. The van der Waals surface area contributed by atoms with E-state index < -0.39 is 0 Å². The second-order valence-electron chi connectivity index (χ2n) is 8.27. The lowest BCUT2D eigenvalue weighted by Gasteiger charge is -2.21. The van der Waals surface area contributed by atoms with E-state index in [9.17, 15) is 9.59 Å². The number of carbonyl (C=O) groups excluding carboxylic acids is 1. The molecular weight excluding hydrogens is 430 g/mol. The monoisotopic (exact) mass is 463 g/mol. The molecule has 0 aliphatic carbocycles. The molecule has 0 spiro atoms. The van der Waals surface area contributed by atoms with Gasteiger partial charge in [-0.3, -0.25) is 14.2 Å². The maximum absolute atomic E-state index is 13.0. The van der Waals surface area contributed by atoms with Gasteiger partial charge in [0.05, 0.1) is 0 Å². The summed E-state index contributed by atoms with van der Waals surface area (Å²) in [5.74, 6) is 0.720. The molecule has 0 N–H and O–H groups in total. The van der Waals surface area contributed by atoms with Crippen LogP contribution in [-0.2, 0) is 19.2 Å². The maximum atomic E-state index is 13.0. The fourth-order valence-corrected chi connectivity index (χ4v) is 4.80. The Balaban J connectivity index is 1.75. The quantitative estimate of drug-likeness (QED) is 0.305. The molecule has 0 radical (unpaired) electrons. The molecule has 3 aromatic rings. The van der Waals surface area contributed by atoms with Gasteiger partial charge >= 0.3 is 0 Å². The molecule has 174 valence electrons. The van der Waals surface area contributed by atoms with Gasteiger partial charge in [0.25, 0.3) is 11.5 Å². The van der Waals surface area contributed by atoms with Crippen LogP contribution in [0.25, 0.3) is 0 Å². The van der Waals surface area contributed by atoms with Gasteiger partial charge in [-0.05, 0) is 43.0 Å². The van der Waals surface area contributed by atoms with Gasteiger partial charge in [0.15, 0.2) is 5.16 Å². The van der Waals surface area contributed by atoms with E-state index in [1.165, 1.54) is 11.8 Å². The molecule has 0 aliphatic rings. The lowest BCUT2D eigenvalue weighted by atomic mass is 10.1. The summed E-state index contributed by atoms with van der Waals surface area (Å²) in [5, 5.41) is 0.685. The average Bonchev–Trinajstić information content (AvgIpc) is 2.83. The van der Waals surface area contributed by atoms with E-state index in [-0.39, 0.29) is 11.5 Å². The third-order valence-electron chi connectivity index (χ3n) is 5.59. The number of benzene rings is 2.